The number of ether oxygens (including phenoxy) is 1. The van der Waals surface area contributed by atoms with Crippen LogP contribution in [-0.4, -0.2) is 38.7 Å². The van der Waals surface area contributed by atoms with E-state index in [2.05, 4.69) is 20.0 Å². The molecule has 2 N–H and O–H groups in total. The maximum Gasteiger partial charge on any atom is 0.271 e. The van der Waals surface area contributed by atoms with Gasteiger partial charge in [-0.15, -0.1) is 0 Å². The van der Waals surface area contributed by atoms with E-state index >= 15 is 0 Å². The van der Waals surface area contributed by atoms with E-state index in [1.165, 1.54) is 24.7 Å². The maximum atomic E-state index is 14.3. The van der Waals surface area contributed by atoms with Crippen LogP contribution in [0.25, 0.3) is 21.5 Å². The number of pyridine rings is 1. The molecule has 1 amide bonds. The molecular weight excluding hydrogens is 407 g/mol. The summed E-state index contributed by atoms with van der Waals surface area (Å²) in [6.45, 7) is 2.45. The van der Waals surface area contributed by atoms with Gasteiger partial charge in [0.05, 0.1) is 35.4 Å². The van der Waals surface area contributed by atoms with Gasteiger partial charge in [-0.05, 0) is 36.7 Å². The number of carbonyl (C=O) groups is 1. The largest absolute Gasteiger partial charge is 0.492 e. The van der Waals surface area contributed by atoms with Gasteiger partial charge in [0.15, 0.2) is 17.3 Å². The van der Waals surface area contributed by atoms with E-state index in [1.54, 1.807) is 29.2 Å². The van der Waals surface area contributed by atoms with Crippen LogP contribution in [0.5, 0.6) is 5.75 Å². The van der Waals surface area contributed by atoms with E-state index in [9.17, 15) is 9.18 Å². The molecule has 30 heavy (non-hydrogen) atoms. The molecule has 1 atom stereocenters. The Morgan fingerprint density at radius 3 is 3.07 bits per heavy atom. The van der Waals surface area contributed by atoms with Gasteiger partial charge in [-0.1, -0.05) is 6.07 Å². The van der Waals surface area contributed by atoms with E-state index in [0.717, 1.165) is 15.8 Å². The predicted molar refractivity (Wildman–Crippen MR) is 112 cm³/mol. The van der Waals surface area contributed by atoms with Crippen molar-refractivity contribution in [3.63, 3.8) is 0 Å². The molecule has 0 saturated heterocycles. The zero-order chi connectivity index (χ0) is 20.8. The molecule has 10 heteroatoms. The third-order valence-corrected chi connectivity index (χ3v) is 5.86. The Balaban J connectivity index is 1.76. The number of hydrogen-bond donors (Lipinski definition) is 2. The Morgan fingerprint density at radius 1 is 1.37 bits per heavy atom. The van der Waals surface area contributed by atoms with Gasteiger partial charge in [0.2, 0.25) is 0 Å². The fourth-order valence-corrected chi connectivity index (χ4v) is 4.33. The summed E-state index contributed by atoms with van der Waals surface area (Å²) in [6, 6.07) is 6.38. The summed E-state index contributed by atoms with van der Waals surface area (Å²) < 4.78 is 26.3. The van der Waals surface area contributed by atoms with Crippen LogP contribution in [0.15, 0.2) is 36.7 Å². The van der Waals surface area contributed by atoms with Gasteiger partial charge in [-0.3, -0.25) is 14.5 Å². The van der Waals surface area contributed by atoms with E-state index in [-0.39, 0.29) is 17.7 Å². The Hall–Kier alpha value is -3.53. The van der Waals surface area contributed by atoms with Gasteiger partial charge in [0.25, 0.3) is 5.91 Å². The smallest absolute Gasteiger partial charge is 0.271 e. The van der Waals surface area contributed by atoms with E-state index < -0.39 is 5.82 Å². The number of aromatic nitrogens is 4. The molecule has 4 heterocycles. The van der Waals surface area contributed by atoms with Crippen LogP contribution in [-0.2, 0) is 0 Å². The standard InChI is InChI=1S/C20H17FN6O2S/c1-10-8-23-20(28)17-16(25-13-5-3-4-12(21)18(13)29-2)15(26-27(10)17)11-6-7-22-14-9-24-30-19(11)14/h3-7,9-10,25H,8H2,1-2H3,(H,23,28)/t10-/m1/s1. The number of anilines is 2. The molecule has 0 spiro atoms. The van der Waals surface area contributed by atoms with Crippen molar-refractivity contribution in [3.05, 3.63) is 48.2 Å². The minimum atomic E-state index is -0.503. The molecular formula is C20H17FN6O2S. The average Bonchev–Trinajstić information content (AvgIpc) is 3.36. The Morgan fingerprint density at radius 2 is 2.23 bits per heavy atom. The monoisotopic (exact) mass is 424 g/mol. The lowest BCUT2D eigenvalue weighted by molar-refractivity contribution is 0.0913. The van der Waals surface area contributed by atoms with Crippen LogP contribution < -0.4 is 15.4 Å². The van der Waals surface area contributed by atoms with Crippen molar-refractivity contribution in [1.29, 1.82) is 0 Å². The zero-order valence-electron chi connectivity index (χ0n) is 16.1. The van der Waals surface area contributed by atoms with Crippen LogP contribution >= 0.6 is 11.5 Å². The molecule has 1 aliphatic heterocycles. The number of fused-ring (bicyclic) bond motifs is 2. The second-order valence-corrected chi connectivity index (χ2v) is 7.72. The third kappa shape index (κ3) is 2.79. The van der Waals surface area contributed by atoms with Gasteiger partial charge in [0.1, 0.15) is 11.2 Å². The van der Waals surface area contributed by atoms with E-state index in [0.29, 0.717) is 29.3 Å². The van der Waals surface area contributed by atoms with Gasteiger partial charge < -0.3 is 15.4 Å². The first-order valence-electron chi connectivity index (χ1n) is 9.28. The predicted octanol–water partition coefficient (Wildman–Crippen LogP) is 3.75. The minimum Gasteiger partial charge on any atom is -0.492 e. The number of methoxy groups -OCH3 is 1. The molecule has 3 aromatic heterocycles. The fraction of sp³-hybridized carbons (Fsp3) is 0.200. The van der Waals surface area contributed by atoms with Crippen molar-refractivity contribution in [1.82, 2.24) is 24.5 Å². The number of carbonyl (C=O) groups excluding carboxylic acids is 1. The molecule has 1 aliphatic rings. The fourth-order valence-electron chi connectivity index (χ4n) is 3.61. The highest BCUT2D eigenvalue weighted by atomic mass is 32.1. The molecule has 0 fully saturated rings. The molecule has 0 unspecified atom stereocenters. The lowest BCUT2D eigenvalue weighted by atomic mass is 10.1. The second kappa shape index (κ2) is 7.06. The third-order valence-electron chi connectivity index (χ3n) is 5.04. The molecule has 5 rings (SSSR count). The highest BCUT2D eigenvalue weighted by Crippen LogP contribution is 2.41. The lowest BCUT2D eigenvalue weighted by Gasteiger charge is -2.22. The summed E-state index contributed by atoms with van der Waals surface area (Å²) in [5, 5.41) is 10.9. The van der Waals surface area contributed by atoms with Crippen molar-refractivity contribution in [2.75, 3.05) is 19.0 Å². The summed E-state index contributed by atoms with van der Waals surface area (Å²) >= 11 is 1.31. The van der Waals surface area contributed by atoms with Crippen molar-refractivity contribution in [2.45, 2.75) is 13.0 Å². The molecule has 0 aliphatic carbocycles. The van der Waals surface area contributed by atoms with Gasteiger partial charge in [-0.25, -0.2) is 4.39 Å². The summed E-state index contributed by atoms with van der Waals surface area (Å²) in [6.07, 6.45) is 3.37. The highest BCUT2D eigenvalue weighted by Gasteiger charge is 2.32. The zero-order valence-corrected chi connectivity index (χ0v) is 17.0. The highest BCUT2D eigenvalue weighted by molar-refractivity contribution is 7.13. The average molecular weight is 424 g/mol. The number of hydrogen-bond acceptors (Lipinski definition) is 7. The molecule has 0 saturated carbocycles. The van der Waals surface area contributed by atoms with Crippen LogP contribution in [0.4, 0.5) is 15.8 Å². The summed E-state index contributed by atoms with van der Waals surface area (Å²) in [5.74, 6) is -0.693. The SMILES string of the molecule is COc1c(F)cccc1Nc1c(-c2ccnc3cnsc23)nn2c1C(=O)NC[C@H]2C. The molecule has 8 nitrogen and oxygen atoms in total. The van der Waals surface area contributed by atoms with Crippen LogP contribution in [0.2, 0.25) is 0 Å². The molecule has 152 valence electrons. The van der Waals surface area contributed by atoms with Crippen LogP contribution in [0.3, 0.4) is 0 Å². The number of nitrogens with zero attached hydrogens (tertiary/aromatic N) is 4. The van der Waals surface area contributed by atoms with E-state index in [4.69, 9.17) is 9.84 Å². The number of para-hydroxylation sites is 1. The number of halogens is 1. The lowest BCUT2D eigenvalue weighted by Crippen LogP contribution is -2.38. The Kier molecular flexibility index (Phi) is 4.35. The number of amides is 1. The first kappa shape index (κ1) is 18.5. The first-order chi connectivity index (χ1) is 14.6. The normalized spacial score (nSPS) is 15.7. The Labute approximate surface area is 174 Å². The minimum absolute atomic E-state index is 0.0415. The quantitative estimate of drug-likeness (QED) is 0.518. The summed E-state index contributed by atoms with van der Waals surface area (Å²) in [5.41, 5.74) is 3.36. The van der Waals surface area contributed by atoms with Crippen molar-refractivity contribution < 1.29 is 13.9 Å². The van der Waals surface area contributed by atoms with Gasteiger partial charge >= 0.3 is 0 Å². The Bertz CT molecular complexity index is 1280. The summed E-state index contributed by atoms with van der Waals surface area (Å²) in [7, 11) is 1.40. The number of nitrogens with one attached hydrogen (secondary N) is 2. The van der Waals surface area contributed by atoms with Crippen molar-refractivity contribution in [3.8, 4) is 17.0 Å². The van der Waals surface area contributed by atoms with Crippen molar-refractivity contribution in [2.24, 2.45) is 0 Å². The number of rotatable bonds is 4. The summed E-state index contributed by atoms with van der Waals surface area (Å²) in [4.78, 5) is 17.1. The molecule has 1 aromatic carbocycles. The molecule has 0 radical (unpaired) electrons. The van der Waals surface area contributed by atoms with Crippen molar-refractivity contribution >= 4 is 39.0 Å². The topological polar surface area (TPSA) is 94.0 Å². The maximum absolute atomic E-state index is 14.3. The van der Waals surface area contributed by atoms with Crippen LogP contribution in [0.1, 0.15) is 23.5 Å². The van der Waals surface area contributed by atoms with E-state index in [1.807, 2.05) is 13.0 Å². The number of benzene rings is 1. The second-order valence-electron chi connectivity index (χ2n) is 6.92. The van der Waals surface area contributed by atoms with Gasteiger partial charge in [-0.2, -0.15) is 9.47 Å². The first-order valence-corrected chi connectivity index (χ1v) is 10.1. The van der Waals surface area contributed by atoms with Crippen LogP contribution in [0, 0.1) is 5.82 Å². The van der Waals surface area contributed by atoms with Gasteiger partial charge in [0, 0.05) is 18.3 Å². The molecule has 4 aromatic rings. The molecule has 0 bridgehead atoms.